The van der Waals surface area contributed by atoms with E-state index in [0.717, 1.165) is 49.9 Å². The lowest BCUT2D eigenvalue weighted by Crippen LogP contribution is -2.06. The van der Waals surface area contributed by atoms with Crippen molar-refractivity contribution in [2.75, 3.05) is 0 Å². The summed E-state index contributed by atoms with van der Waals surface area (Å²) in [6.45, 7) is 0. The number of nitro benzene ring substituents is 2. The summed E-state index contributed by atoms with van der Waals surface area (Å²) in [4.78, 5) is 25.2. The molecule has 0 N–H and O–H groups in total. The summed E-state index contributed by atoms with van der Waals surface area (Å²) < 4.78 is 0. The van der Waals surface area contributed by atoms with E-state index >= 15 is 0 Å². The van der Waals surface area contributed by atoms with E-state index < -0.39 is 15.5 Å². The molecule has 1 aromatic rings. The van der Waals surface area contributed by atoms with Gasteiger partial charge in [0.1, 0.15) is 0 Å². The number of nitro groups is 2. The molecule has 0 amide bonds. The first-order chi connectivity index (χ1) is 9.58. The molecule has 1 saturated carbocycles. The van der Waals surface area contributed by atoms with Crippen LogP contribution in [0, 0.1) is 20.2 Å². The van der Waals surface area contributed by atoms with Gasteiger partial charge in [0.2, 0.25) is 5.75 Å². The Morgan fingerprint density at radius 1 is 1.05 bits per heavy atom. The molecule has 0 bridgehead atoms. The normalized spacial score (nSPS) is 14.7. The number of nitrogens with zero attached hydrogens (tertiary/aromatic N) is 3. The van der Waals surface area contributed by atoms with E-state index in [9.17, 15) is 20.2 Å². The van der Waals surface area contributed by atoms with Gasteiger partial charge in [-0.1, -0.05) is 11.6 Å². The molecule has 1 aliphatic carbocycles. The smallest absolute Gasteiger partial charge is 0.321 e. The Balaban J connectivity index is 2.22. The molecule has 8 nitrogen and oxygen atoms in total. The van der Waals surface area contributed by atoms with E-state index in [1.165, 1.54) is 6.07 Å². The van der Waals surface area contributed by atoms with Gasteiger partial charge in [0.25, 0.3) is 5.69 Å². The van der Waals surface area contributed by atoms with Gasteiger partial charge in [-0.2, -0.15) is 0 Å². The number of benzene rings is 1. The van der Waals surface area contributed by atoms with E-state index in [1.54, 1.807) is 0 Å². The van der Waals surface area contributed by atoms with Crippen LogP contribution in [0.15, 0.2) is 23.4 Å². The SMILES string of the molecule is O=[N+]([O-])c1ccc(ON=C2CCCCC2)c([N+](=O)[O-])c1. The maximum absolute atomic E-state index is 10.9. The first-order valence-corrected chi connectivity index (χ1v) is 6.23. The molecule has 0 aliphatic heterocycles. The highest BCUT2D eigenvalue weighted by Gasteiger charge is 2.21. The molecule has 0 radical (unpaired) electrons. The van der Waals surface area contributed by atoms with Crippen LogP contribution in [-0.2, 0) is 0 Å². The quantitative estimate of drug-likeness (QED) is 0.621. The molecule has 106 valence electrons. The van der Waals surface area contributed by atoms with Gasteiger partial charge in [-0.15, -0.1) is 0 Å². The number of non-ortho nitro benzene ring substituents is 1. The molecule has 1 fully saturated rings. The van der Waals surface area contributed by atoms with Crippen molar-refractivity contribution in [1.29, 1.82) is 0 Å². The first-order valence-electron chi connectivity index (χ1n) is 6.23. The lowest BCUT2D eigenvalue weighted by atomic mass is 9.99. The van der Waals surface area contributed by atoms with Crippen LogP contribution in [0.25, 0.3) is 0 Å². The van der Waals surface area contributed by atoms with E-state index in [-0.39, 0.29) is 11.4 Å². The molecule has 1 aromatic carbocycles. The van der Waals surface area contributed by atoms with Gasteiger partial charge in [0.05, 0.1) is 21.6 Å². The number of rotatable bonds is 4. The third-order valence-corrected chi connectivity index (χ3v) is 3.05. The summed E-state index contributed by atoms with van der Waals surface area (Å²) in [5.41, 5.74) is 0.0534. The fourth-order valence-electron chi connectivity index (χ4n) is 2.00. The van der Waals surface area contributed by atoms with Crippen molar-refractivity contribution in [3.8, 4) is 5.75 Å². The monoisotopic (exact) mass is 279 g/mol. The number of hydrogen-bond donors (Lipinski definition) is 0. The summed E-state index contributed by atoms with van der Waals surface area (Å²) in [5, 5.41) is 25.4. The Kier molecular flexibility index (Phi) is 4.24. The van der Waals surface area contributed by atoms with Crippen molar-refractivity contribution < 1.29 is 14.7 Å². The molecule has 0 unspecified atom stereocenters. The Morgan fingerprint density at radius 3 is 2.35 bits per heavy atom. The van der Waals surface area contributed by atoms with Gasteiger partial charge < -0.3 is 4.84 Å². The van der Waals surface area contributed by atoms with Crippen molar-refractivity contribution >= 4 is 17.1 Å². The van der Waals surface area contributed by atoms with Gasteiger partial charge in [0.15, 0.2) is 0 Å². The maximum atomic E-state index is 10.9. The summed E-state index contributed by atoms with van der Waals surface area (Å²) in [6.07, 6.45) is 4.85. The van der Waals surface area contributed by atoms with Gasteiger partial charge >= 0.3 is 5.69 Å². The van der Waals surface area contributed by atoms with Crippen LogP contribution in [-0.4, -0.2) is 15.6 Å². The van der Waals surface area contributed by atoms with Crippen LogP contribution < -0.4 is 4.84 Å². The Hall–Kier alpha value is -2.51. The highest BCUT2D eigenvalue weighted by Crippen LogP contribution is 2.31. The van der Waals surface area contributed by atoms with Gasteiger partial charge in [-0.05, 0) is 31.7 Å². The average Bonchev–Trinajstić information content (AvgIpc) is 2.45. The second kappa shape index (κ2) is 6.09. The van der Waals surface area contributed by atoms with Crippen molar-refractivity contribution in [1.82, 2.24) is 0 Å². The van der Waals surface area contributed by atoms with E-state index in [4.69, 9.17) is 4.84 Å². The van der Waals surface area contributed by atoms with Crippen molar-refractivity contribution in [3.05, 3.63) is 38.4 Å². The predicted molar refractivity (Wildman–Crippen MR) is 70.9 cm³/mol. The number of oxime groups is 1. The largest absolute Gasteiger partial charge is 0.350 e. The van der Waals surface area contributed by atoms with E-state index in [1.807, 2.05) is 0 Å². The van der Waals surface area contributed by atoms with E-state index in [0.29, 0.717) is 0 Å². The highest BCUT2D eigenvalue weighted by molar-refractivity contribution is 5.84. The third kappa shape index (κ3) is 3.28. The lowest BCUT2D eigenvalue weighted by Gasteiger charge is -2.11. The molecule has 0 spiro atoms. The Labute approximate surface area is 114 Å². The summed E-state index contributed by atoms with van der Waals surface area (Å²) in [6, 6.07) is 3.23. The van der Waals surface area contributed by atoms with Crippen LogP contribution in [0.4, 0.5) is 11.4 Å². The van der Waals surface area contributed by atoms with Crippen LogP contribution in [0.5, 0.6) is 5.75 Å². The zero-order chi connectivity index (χ0) is 14.5. The van der Waals surface area contributed by atoms with Gasteiger partial charge in [-0.3, -0.25) is 20.2 Å². The zero-order valence-electron chi connectivity index (χ0n) is 10.7. The van der Waals surface area contributed by atoms with Gasteiger partial charge in [-0.25, -0.2) is 0 Å². The summed E-state index contributed by atoms with van der Waals surface area (Å²) in [5.74, 6) is -0.0846. The van der Waals surface area contributed by atoms with Gasteiger partial charge in [0, 0.05) is 6.07 Å². The molecule has 2 rings (SSSR count). The lowest BCUT2D eigenvalue weighted by molar-refractivity contribution is -0.394. The fourth-order valence-corrected chi connectivity index (χ4v) is 2.00. The molecule has 0 saturated heterocycles. The number of hydrogen-bond acceptors (Lipinski definition) is 6. The predicted octanol–water partition coefficient (Wildman–Crippen LogP) is 3.20. The minimum absolute atomic E-state index is 0.0846. The van der Waals surface area contributed by atoms with Crippen LogP contribution in [0.1, 0.15) is 32.1 Å². The zero-order valence-corrected chi connectivity index (χ0v) is 10.7. The molecule has 0 aromatic heterocycles. The maximum Gasteiger partial charge on any atom is 0.321 e. The van der Waals surface area contributed by atoms with Crippen LogP contribution >= 0.6 is 0 Å². The highest BCUT2D eigenvalue weighted by atomic mass is 16.7. The molecular weight excluding hydrogens is 266 g/mol. The second-order valence-electron chi connectivity index (χ2n) is 4.48. The standard InChI is InChI=1S/C12H13N3O5/c16-14(17)10-6-7-12(11(8-10)15(18)19)20-13-9-4-2-1-3-5-9/h6-8H,1-5H2. The molecule has 20 heavy (non-hydrogen) atoms. The van der Waals surface area contributed by atoms with Crippen molar-refractivity contribution in [3.63, 3.8) is 0 Å². The van der Waals surface area contributed by atoms with Crippen molar-refractivity contribution in [2.45, 2.75) is 32.1 Å². The fraction of sp³-hybridized carbons (Fsp3) is 0.417. The summed E-state index contributed by atoms with van der Waals surface area (Å²) in [7, 11) is 0. The third-order valence-electron chi connectivity index (χ3n) is 3.05. The first kappa shape index (κ1) is 13.9. The molecular formula is C12H13N3O5. The summed E-state index contributed by atoms with van der Waals surface area (Å²) >= 11 is 0. The molecule has 0 atom stereocenters. The minimum Gasteiger partial charge on any atom is -0.350 e. The van der Waals surface area contributed by atoms with Crippen LogP contribution in [0.2, 0.25) is 0 Å². The molecule has 1 aliphatic rings. The Morgan fingerprint density at radius 2 is 1.75 bits per heavy atom. The topological polar surface area (TPSA) is 108 Å². The molecule has 0 heterocycles. The average molecular weight is 279 g/mol. The minimum atomic E-state index is -0.719. The van der Waals surface area contributed by atoms with E-state index in [2.05, 4.69) is 5.16 Å². The van der Waals surface area contributed by atoms with Crippen molar-refractivity contribution in [2.24, 2.45) is 5.16 Å². The molecule has 8 heteroatoms. The van der Waals surface area contributed by atoms with Crippen LogP contribution in [0.3, 0.4) is 0 Å². The Bertz CT molecular complexity index is 562. The second-order valence-corrected chi connectivity index (χ2v) is 4.48.